The molecular weight excluding hydrogens is 314 g/mol. The first-order chi connectivity index (χ1) is 11.3. The molecule has 2 rings (SSSR count). The maximum Gasteiger partial charge on any atom is 0.339 e. The summed E-state index contributed by atoms with van der Waals surface area (Å²) >= 11 is 0. The Hall–Kier alpha value is -2.64. The second-order valence-electron chi connectivity index (χ2n) is 5.93. The van der Waals surface area contributed by atoms with E-state index in [9.17, 15) is 19.7 Å². The van der Waals surface area contributed by atoms with Crippen molar-refractivity contribution in [2.75, 3.05) is 32.1 Å². The highest BCUT2D eigenvalue weighted by atomic mass is 16.6. The van der Waals surface area contributed by atoms with Gasteiger partial charge in [-0.3, -0.25) is 14.9 Å². The van der Waals surface area contributed by atoms with Crippen LogP contribution in [0, 0.1) is 10.1 Å². The molecule has 1 heterocycles. The smallest absolute Gasteiger partial charge is 0.339 e. The first-order valence-corrected chi connectivity index (χ1v) is 7.76. The molecule has 0 aliphatic carbocycles. The van der Waals surface area contributed by atoms with Crippen molar-refractivity contribution < 1.29 is 19.2 Å². The maximum atomic E-state index is 12.2. The summed E-state index contributed by atoms with van der Waals surface area (Å²) in [5, 5.41) is 11.3. The molecule has 1 aliphatic heterocycles. The second-order valence-corrected chi connectivity index (χ2v) is 5.93. The number of nitro groups is 1. The molecule has 1 fully saturated rings. The molecular formula is C16H21N3O5. The molecule has 0 N–H and O–H groups in total. The highest BCUT2D eigenvalue weighted by Crippen LogP contribution is 2.31. The van der Waals surface area contributed by atoms with Gasteiger partial charge in [-0.15, -0.1) is 0 Å². The number of anilines is 1. The van der Waals surface area contributed by atoms with Gasteiger partial charge in [0.1, 0.15) is 5.69 Å². The van der Waals surface area contributed by atoms with Crippen molar-refractivity contribution in [3.63, 3.8) is 0 Å². The number of hydrogen-bond donors (Lipinski definition) is 0. The number of ether oxygens (including phenoxy) is 1. The van der Waals surface area contributed by atoms with Crippen molar-refractivity contribution in [3.8, 4) is 0 Å². The van der Waals surface area contributed by atoms with Gasteiger partial charge in [0, 0.05) is 33.3 Å². The standard InChI is InChI=1S/C16H21N3O5/c1-11(15(20)17(2)3)24-16(21)12-6-7-13(14(10-12)19(22)23)18-8-4-5-9-18/h6-7,10-11H,4-5,8-9H2,1-3H3/t11-/m1/s1. The molecule has 0 radical (unpaired) electrons. The highest BCUT2D eigenvalue weighted by Gasteiger charge is 2.26. The number of esters is 1. The van der Waals surface area contributed by atoms with Gasteiger partial charge in [0.2, 0.25) is 0 Å². The molecule has 8 nitrogen and oxygen atoms in total. The quantitative estimate of drug-likeness (QED) is 0.463. The normalized spacial score (nSPS) is 15.0. The Morgan fingerprint density at radius 1 is 1.29 bits per heavy atom. The van der Waals surface area contributed by atoms with Crippen LogP contribution in [0.15, 0.2) is 18.2 Å². The molecule has 1 saturated heterocycles. The first kappa shape index (κ1) is 17.7. The zero-order valence-corrected chi connectivity index (χ0v) is 14.0. The molecule has 1 aliphatic rings. The van der Waals surface area contributed by atoms with Gasteiger partial charge in [-0.2, -0.15) is 0 Å². The Bertz CT molecular complexity index is 653. The van der Waals surface area contributed by atoms with Crippen LogP contribution in [-0.2, 0) is 9.53 Å². The highest BCUT2D eigenvalue weighted by molar-refractivity contribution is 5.93. The molecule has 0 aromatic heterocycles. The summed E-state index contributed by atoms with van der Waals surface area (Å²) in [6.07, 6.45) is 1.03. The Morgan fingerprint density at radius 2 is 1.92 bits per heavy atom. The zero-order valence-electron chi connectivity index (χ0n) is 14.0. The van der Waals surface area contributed by atoms with Gasteiger partial charge in [-0.05, 0) is 31.9 Å². The number of benzene rings is 1. The molecule has 0 saturated carbocycles. The topological polar surface area (TPSA) is 93.0 Å². The van der Waals surface area contributed by atoms with E-state index in [1.165, 1.54) is 24.0 Å². The fraction of sp³-hybridized carbons (Fsp3) is 0.500. The summed E-state index contributed by atoms with van der Waals surface area (Å²) in [4.78, 5) is 38.0. The van der Waals surface area contributed by atoms with Gasteiger partial charge in [0.25, 0.3) is 11.6 Å². The molecule has 24 heavy (non-hydrogen) atoms. The van der Waals surface area contributed by atoms with Crippen molar-refractivity contribution in [1.29, 1.82) is 0 Å². The fourth-order valence-electron chi connectivity index (χ4n) is 2.66. The van der Waals surface area contributed by atoms with E-state index in [1.807, 2.05) is 4.90 Å². The van der Waals surface area contributed by atoms with Crippen LogP contribution in [0.1, 0.15) is 30.1 Å². The van der Waals surface area contributed by atoms with Crippen molar-refractivity contribution in [1.82, 2.24) is 4.90 Å². The Balaban J connectivity index is 2.21. The number of nitro benzene ring substituents is 1. The predicted octanol–water partition coefficient (Wildman–Crippen LogP) is 1.83. The number of hydrogen-bond acceptors (Lipinski definition) is 6. The molecule has 1 amide bonds. The lowest BCUT2D eigenvalue weighted by Gasteiger charge is -2.19. The fourth-order valence-corrected chi connectivity index (χ4v) is 2.66. The lowest BCUT2D eigenvalue weighted by molar-refractivity contribution is -0.384. The van der Waals surface area contributed by atoms with Crippen LogP contribution in [0.25, 0.3) is 0 Å². The van der Waals surface area contributed by atoms with Crippen LogP contribution >= 0.6 is 0 Å². The van der Waals surface area contributed by atoms with E-state index in [0.717, 1.165) is 25.9 Å². The number of nitrogens with zero attached hydrogens (tertiary/aromatic N) is 3. The SMILES string of the molecule is C[C@@H](OC(=O)c1ccc(N2CCCC2)c([N+](=O)[O-])c1)C(=O)N(C)C. The van der Waals surface area contributed by atoms with E-state index in [-0.39, 0.29) is 17.2 Å². The third-order valence-electron chi connectivity index (χ3n) is 3.93. The molecule has 0 unspecified atom stereocenters. The van der Waals surface area contributed by atoms with Crippen LogP contribution in [0.2, 0.25) is 0 Å². The Morgan fingerprint density at radius 3 is 2.46 bits per heavy atom. The molecule has 1 aromatic carbocycles. The van der Waals surface area contributed by atoms with E-state index in [0.29, 0.717) is 5.69 Å². The second kappa shape index (κ2) is 7.29. The average molecular weight is 335 g/mol. The minimum atomic E-state index is -0.954. The number of carbonyl (C=O) groups is 2. The Kier molecular flexibility index (Phi) is 5.38. The number of carbonyl (C=O) groups excluding carboxylic acids is 2. The van der Waals surface area contributed by atoms with E-state index >= 15 is 0 Å². The molecule has 1 aromatic rings. The van der Waals surface area contributed by atoms with Crippen LogP contribution in [0.3, 0.4) is 0 Å². The van der Waals surface area contributed by atoms with Crippen molar-refractivity contribution in [2.24, 2.45) is 0 Å². The first-order valence-electron chi connectivity index (χ1n) is 7.76. The van der Waals surface area contributed by atoms with E-state index in [2.05, 4.69) is 0 Å². The van der Waals surface area contributed by atoms with Gasteiger partial charge >= 0.3 is 5.97 Å². The van der Waals surface area contributed by atoms with E-state index in [1.54, 1.807) is 20.2 Å². The number of likely N-dealkylation sites (N-methyl/N-ethyl adjacent to an activating group) is 1. The van der Waals surface area contributed by atoms with Crippen LogP contribution in [-0.4, -0.2) is 55.0 Å². The monoisotopic (exact) mass is 335 g/mol. The third kappa shape index (κ3) is 3.81. The minimum Gasteiger partial charge on any atom is -0.449 e. The lowest BCUT2D eigenvalue weighted by atomic mass is 10.1. The van der Waals surface area contributed by atoms with Crippen LogP contribution in [0.5, 0.6) is 0 Å². The van der Waals surface area contributed by atoms with Crippen molar-refractivity contribution in [2.45, 2.75) is 25.9 Å². The number of rotatable bonds is 5. The summed E-state index contributed by atoms with van der Waals surface area (Å²) in [5.41, 5.74) is 0.437. The maximum absolute atomic E-state index is 12.2. The van der Waals surface area contributed by atoms with E-state index in [4.69, 9.17) is 4.74 Å². The summed E-state index contributed by atoms with van der Waals surface area (Å²) in [6.45, 7) is 2.99. The predicted molar refractivity (Wildman–Crippen MR) is 88.1 cm³/mol. The molecule has 0 spiro atoms. The summed E-state index contributed by atoms with van der Waals surface area (Å²) in [5.74, 6) is -1.11. The summed E-state index contributed by atoms with van der Waals surface area (Å²) in [6, 6.07) is 4.27. The average Bonchev–Trinajstić information content (AvgIpc) is 3.07. The number of amides is 1. The summed E-state index contributed by atoms with van der Waals surface area (Å²) in [7, 11) is 3.12. The largest absolute Gasteiger partial charge is 0.449 e. The summed E-state index contributed by atoms with van der Waals surface area (Å²) < 4.78 is 5.09. The van der Waals surface area contributed by atoms with Gasteiger partial charge < -0.3 is 14.5 Å². The van der Waals surface area contributed by atoms with Gasteiger partial charge in [-0.25, -0.2) is 4.79 Å². The lowest BCUT2D eigenvalue weighted by Crippen LogP contribution is -2.34. The van der Waals surface area contributed by atoms with Crippen molar-refractivity contribution >= 4 is 23.3 Å². The minimum absolute atomic E-state index is 0.0584. The van der Waals surface area contributed by atoms with Gasteiger partial charge in [0.15, 0.2) is 6.10 Å². The Labute approximate surface area is 140 Å². The molecule has 0 bridgehead atoms. The van der Waals surface area contributed by atoms with E-state index < -0.39 is 17.0 Å². The van der Waals surface area contributed by atoms with Crippen molar-refractivity contribution in [3.05, 3.63) is 33.9 Å². The van der Waals surface area contributed by atoms with Crippen LogP contribution < -0.4 is 4.90 Å². The van der Waals surface area contributed by atoms with Gasteiger partial charge in [-0.1, -0.05) is 0 Å². The van der Waals surface area contributed by atoms with Crippen LogP contribution in [0.4, 0.5) is 11.4 Å². The molecule has 1 atom stereocenters. The zero-order chi connectivity index (χ0) is 17.9. The van der Waals surface area contributed by atoms with Gasteiger partial charge in [0.05, 0.1) is 10.5 Å². The molecule has 8 heteroatoms. The molecule has 130 valence electrons. The third-order valence-corrected chi connectivity index (χ3v) is 3.93.